The largest absolute Gasteiger partial charge is 0.338 e. The van der Waals surface area contributed by atoms with Gasteiger partial charge in [-0.15, -0.1) is 0 Å². The lowest BCUT2D eigenvalue weighted by atomic mass is 10.1. The molecule has 15 heavy (non-hydrogen) atoms. The van der Waals surface area contributed by atoms with Gasteiger partial charge in [-0.25, -0.2) is 0 Å². The Kier molecular flexibility index (Phi) is 2.81. The zero-order chi connectivity index (χ0) is 10.7. The van der Waals surface area contributed by atoms with Gasteiger partial charge in [0.2, 0.25) is 5.91 Å². The van der Waals surface area contributed by atoms with E-state index in [0.717, 1.165) is 11.8 Å². The second-order valence-corrected chi connectivity index (χ2v) is 3.86. The van der Waals surface area contributed by atoms with E-state index in [2.05, 4.69) is 0 Å². The third-order valence-corrected chi connectivity index (χ3v) is 2.65. The summed E-state index contributed by atoms with van der Waals surface area (Å²) in [5.41, 5.74) is 1.11. The van der Waals surface area contributed by atoms with Crippen molar-refractivity contribution in [3.63, 3.8) is 0 Å². The minimum Gasteiger partial charge on any atom is -0.338 e. The maximum Gasteiger partial charge on any atom is 0.223 e. The first-order chi connectivity index (χ1) is 7.29. The Morgan fingerprint density at radius 2 is 2.07 bits per heavy atom. The van der Waals surface area contributed by atoms with Crippen LogP contribution in [0.15, 0.2) is 30.3 Å². The predicted molar refractivity (Wildman–Crippen MR) is 56.0 cm³/mol. The predicted octanol–water partition coefficient (Wildman–Crippen LogP) is 1.23. The van der Waals surface area contributed by atoms with Crippen LogP contribution in [0.25, 0.3) is 0 Å². The van der Waals surface area contributed by atoms with Crippen LogP contribution in [0.5, 0.6) is 0 Å². The summed E-state index contributed by atoms with van der Waals surface area (Å²) in [6.45, 7) is 1.18. The lowest BCUT2D eigenvalue weighted by Crippen LogP contribution is -2.24. The Labute approximate surface area is 88.7 Å². The summed E-state index contributed by atoms with van der Waals surface area (Å²) in [4.78, 5) is 23.8. The molecule has 0 N–H and O–H groups in total. The average Bonchev–Trinajstić information content (AvgIpc) is 2.61. The van der Waals surface area contributed by atoms with Crippen LogP contribution in [-0.2, 0) is 16.1 Å². The molecule has 1 unspecified atom stereocenters. The quantitative estimate of drug-likeness (QED) is 0.693. The number of rotatable bonds is 3. The summed E-state index contributed by atoms with van der Waals surface area (Å²) in [5.74, 6) is -0.0304. The number of likely N-dealkylation sites (tertiary alicyclic amines) is 1. The van der Waals surface area contributed by atoms with Gasteiger partial charge in [-0.2, -0.15) is 0 Å². The molecule has 0 aliphatic carbocycles. The lowest BCUT2D eigenvalue weighted by molar-refractivity contribution is -0.128. The molecule has 1 aromatic carbocycles. The van der Waals surface area contributed by atoms with E-state index in [4.69, 9.17) is 0 Å². The summed E-state index contributed by atoms with van der Waals surface area (Å²) in [5, 5.41) is 0. The van der Waals surface area contributed by atoms with Crippen molar-refractivity contribution >= 4 is 12.2 Å². The van der Waals surface area contributed by atoms with Crippen LogP contribution in [-0.4, -0.2) is 23.6 Å². The molecule has 1 heterocycles. The van der Waals surface area contributed by atoms with Gasteiger partial charge in [-0.05, 0) is 5.56 Å². The molecule has 0 bridgehead atoms. The summed E-state index contributed by atoms with van der Waals surface area (Å²) in [6, 6.07) is 9.83. The molecule has 1 fully saturated rings. The number of carbonyl (C=O) groups excluding carboxylic acids is 2. The zero-order valence-electron chi connectivity index (χ0n) is 8.43. The van der Waals surface area contributed by atoms with Gasteiger partial charge in [0, 0.05) is 25.4 Å². The number of amides is 1. The van der Waals surface area contributed by atoms with Crippen LogP contribution >= 0.6 is 0 Å². The summed E-state index contributed by atoms with van der Waals surface area (Å²) < 4.78 is 0. The molecule has 3 nitrogen and oxygen atoms in total. The molecule has 0 aromatic heterocycles. The van der Waals surface area contributed by atoms with Gasteiger partial charge < -0.3 is 9.69 Å². The topological polar surface area (TPSA) is 37.4 Å². The van der Waals surface area contributed by atoms with Crippen molar-refractivity contribution in [2.45, 2.75) is 13.0 Å². The number of benzene rings is 1. The smallest absolute Gasteiger partial charge is 0.223 e. The van der Waals surface area contributed by atoms with Crippen LogP contribution in [0.1, 0.15) is 12.0 Å². The van der Waals surface area contributed by atoms with Crippen molar-refractivity contribution in [2.24, 2.45) is 5.92 Å². The third kappa shape index (κ3) is 2.24. The molecular weight excluding hydrogens is 190 g/mol. The molecule has 1 atom stereocenters. The fourth-order valence-electron chi connectivity index (χ4n) is 1.85. The Bertz CT molecular complexity index is 361. The fraction of sp³-hybridized carbons (Fsp3) is 0.333. The second-order valence-electron chi connectivity index (χ2n) is 3.86. The first-order valence-electron chi connectivity index (χ1n) is 5.06. The van der Waals surface area contributed by atoms with E-state index in [1.54, 1.807) is 4.90 Å². The van der Waals surface area contributed by atoms with E-state index in [-0.39, 0.29) is 11.8 Å². The summed E-state index contributed by atoms with van der Waals surface area (Å²) >= 11 is 0. The monoisotopic (exact) mass is 203 g/mol. The zero-order valence-corrected chi connectivity index (χ0v) is 8.43. The van der Waals surface area contributed by atoms with Crippen LogP contribution in [0, 0.1) is 5.92 Å². The Morgan fingerprint density at radius 1 is 1.33 bits per heavy atom. The highest BCUT2D eigenvalue weighted by Crippen LogP contribution is 2.18. The third-order valence-electron chi connectivity index (χ3n) is 2.65. The number of nitrogens with zero attached hydrogens (tertiary/aromatic N) is 1. The lowest BCUT2D eigenvalue weighted by Gasteiger charge is -2.15. The minimum atomic E-state index is -0.110. The van der Waals surface area contributed by atoms with Crippen molar-refractivity contribution in [1.29, 1.82) is 0 Å². The van der Waals surface area contributed by atoms with E-state index in [1.165, 1.54) is 0 Å². The maximum absolute atomic E-state index is 11.5. The maximum atomic E-state index is 11.5. The molecule has 1 amide bonds. The molecule has 1 aliphatic heterocycles. The number of aldehydes is 1. The van der Waals surface area contributed by atoms with E-state index in [9.17, 15) is 9.59 Å². The number of hydrogen-bond acceptors (Lipinski definition) is 2. The summed E-state index contributed by atoms with van der Waals surface area (Å²) in [7, 11) is 0. The molecular formula is C12H13NO2. The van der Waals surface area contributed by atoms with E-state index in [1.807, 2.05) is 30.3 Å². The number of carbonyl (C=O) groups is 2. The highest BCUT2D eigenvalue weighted by molar-refractivity contribution is 5.82. The molecule has 2 rings (SSSR count). The Hall–Kier alpha value is -1.64. The van der Waals surface area contributed by atoms with Crippen LogP contribution in [0.3, 0.4) is 0 Å². The van der Waals surface area contributed by atoms with Gasteiger partial charge in [-0.1, -0.05) is 30.3 Å². The molecule has 0 saturated carbocycles. The molecule has 1 aromatic rings. The SMILES string of the molecule is O=CC1CC(=O)N(Cc2ccccc2)C1. The minimum absolute atomic E-state index is 0.0796. The molecule has 78 valence electrons. The summed E-state index contributed by atoms with van der Waals surface area (Å²) in [6.07, 6.45) is 1.25. The van der Waals surface area contributed by atoms with E-state index in [0.29, 0.717) is 19.5 Å². The van der Waals surface area contributed by atoms with Gasteiger partial charge in [0.05, 0.1) is 0 Å². The second kappa shape index (κ2) is 4.26. The normalized spacial score (nSPS) is 20.7. The van der Waals surface area contributed by atoms with Crippen LogP contribution in [0.4, 0.5) is 0 Å². The van der Waals surface area contributed by atoms with Crippen LogP contribution in [0.2, 0.25) is 0 Å². The van der Waals surface area contributed by atoms with E-state index < -0.39 is 0 Å². The van der Waals surface area contributed by atoms with Gasteiger partial charge >= 0.3 is 0 Å². The number of hydrogen-bond donors (Lipinski definition) is 0. The van der Waals surface area contributed by atoms with Crippen molar-refractivity contribution in [3.05, 3.63) is 35.9 Å². The van der Waals surface area contributed by atoms with Gasteiger partial charge in [0.25, 0.3) is 0 Å². The van der Waals surface area contributed by atoms with Gasteiger partial charge in [0.15, 0.2) is 0 Å². The van der Waals surface area contributed by atoms with Crippen molar-refractivity contribution in [1.82, 2.24) is 4.90 Å². The van der Waals surface area contributed by atoms with E-state index >= 15 is 0 Å². The molecule has 1 saturated heterocycles. The fourth-order valence-corrected chi connectivity index (χ4v) is 1.85. The molecule has 0 radical (unpaired) electrons. The highest BCUT2D eigenvalue weighted by atomic mass is 16.2. The highest BCUT2D eigenvalue weighted by Gasteiger charge is 2.28. The Morgan fingerprint density at radius 3 is 2.67 bits per heavy atom. The van der Waals surface area contributed by atoms with Gasteiger partial charge in [0.1, 0.15) is 6.29 Å². The van der Waals surface area contributed by atoms with Crippen LogP contribution < -0.4 is 0 Å². The first-order valence-corrected chi connectivity index (χ1v) is 5.06. The standard InChI is InChI=1S/C12H13NO2/c14-9-11-6-12(15)13(8-11)7-10-4-2-1-3-5-10/h1-5,9,11H,6-8H2. The molecule has 3 heteroatoms. The van der Waals surface area contributed by atoms with Gasteiger partial charge in [-0.3, -0.25) is 4.79 Å². The molecule has 0 spiro atoms. The first kappa shape index (κ1) is 9.90. The average molecular weight is 203 g/mol. The van der Waals surface area contributed by atoms with Crippen molar-refractivity contribution in [2.75, 3.05) is 6.54 Å². The Balaban J connectivity index is 2.01. The van der Waals surface area contributed by atoms with Crippen molar-refractivity contribution in [3.8, 4) is 0 Å². The molecule has 1 aliphatic rings. The van der Waals surface area contributed by atoms with Crippen molar-refractivity contribution < 1.29 is 9.59 Å².